The van der Waals surface area contributed by atoms with Crippen LogP contribution >= 0.6 is 0 Å². The molecule has 3 nitrogen and oxygen atoms in total. The lowest BCUT2D eigenvalue weighted by atomic mass is 9.90. The molecule has 0 amide bonds. The van der Waals surface area contributed by atoms with E-state index in [1.807, 2.05) is 20.8 Å². The summed E-state index contributed by atoms with van der Waals surface area (Å²) in [7, 11) is 0. The lowest BCUT2D eigenvalue weighted by molar-refractivity contribution is 0.0164. The molecule has 0 aliphatic rings. The Balaban J connectivity index is 3.41. The number of rotatable bonds is 1. The van der Waals surface area contributed by atoms with Gasteiger partial charge in [-0.1, -0.05) is 20.8 Å². The van der Waals surface area contributed by atoms with E-state index in [1.165, 1.54) is 6.07 Å². The van der Waals surface area contributed by atoms with E-state index in [4.69, 9.17) is 5.26 Å². The van der Waals surface area contributed by atoms with Crippen LogP contribution in [0.15, 0.2) is 6.07 Å². The molecule has 0 aliphatic carbocycles. The Labute approximate surface area is 93.1 Å². The highest BCUT2D eigenvalue weighted by molar-refractivity contribution is 5.35. The molecule has 0 unspecified atom stereocenters. The van der Waals surface area contributed by atoms with Gasteiger partial charge in [0, 0.05) is 12.3 Å². The molecule has 0 atom stereocenters. The smallest absolute Gasteiger partial charge is 0.202 e. The molecule has 16 heavy (non-hydrogen) atoms. The van der Waals surface area contributed by atoms with E-state index >= 15 is 0 Å². The van der Waals surface area contributed by atoms with Gasteiger partial charge in [0.15, 0.2) is 5.69 Å². The summed E-state index contributed by atoms with van der Waals surface area (Å²) >= 11 is 0. The van der Waals surface area contributed by atoms with E-state index in [1.54, 1.807) is 6.07 Å². The van der Waals surface area contributed by atoms with E-state index in [2.05, 4.69) is 10.2 Å². The Bertz CT molecular complexity index is 436. The summed E-state index contributed by atoms with van der Waals surface area (Å²) in [6.07, 6.45) is 0. The Kier molecular flexibility index (Phi) is 2.95. The van der Waals surface area contributed by atoms with E-state index in [0.29, 0.717) is 5.69 Å². The highest BCUT2D eigenvalue weighted by Crippen LogP contribution is 2.31. The molecule has 0 spiro atoms. The van der Waals surface area contributed by atoms with Crippen LogP contribution in [0.1, 0.15) is 44.6 Å². The fourth-order valence-electron chi connectivity index (χ4n) is 1.18. The predicted octanol–water partition coefficient (Wildman–Crippen LogP) is 2.76. The first-order chi connectivity index (χ1) is 7.16. The Morgan fingerprint density at radius 2 is 1.75 bits per heavy atom. The van der Waals surface area contributed by atoms with E-state index in [0.717, 1.165) is 6.92 Å². The average molecular weight is 225 g/mol. The first kappa shape index (κ1) is 12.5. The van der Waals surface area contributed by atoms with Gasteiger partial charge in [-0.25, -0.2) is 8.78 Å². The third-order valence-corrected chi connectivity index (χ3v) is 2.14. The van der Waals surface area contributed by atoms with Crippen molar-refractivity contribution in [3.05, 3.63) is 23.0 Å². The molecule has 0 saturated carbocycles. The van der Waals surface area contributed by atoms with Gasteiger partial charge in [0.2, 0.25) is 0 Å². The number of hydrogen-bond donors (Lipinski definition) is 0. The van der Waals surface area contributed by atoms with Gasteiger partial charge in [-0.15, -0.1) is 5.10 Å². The van der Waals surface area contributed by atoms with Crippen LogP contribution in [0.25, 0.3) is 0 Å². The molecule has 0 fully saturated rings. The summed E-state index contributed by atoms with van der Waals surface area (Å²) in [6.45, 7) is 6.29. The lowest BCUT2D eigenvalue weighted by Gasteiger charge is -2.19. The normalized spacial score (nSPS) is 12.3. The first-order valence-corrected chi connectivity index (χ1v) is 4.83. The molecular weight excluding hydrogens is 212 g/mol. The molecule has 0 N–H and O–H groups in total. The standard InChI is InChI=1S/C11H13F2N3/c1-10(2,3)9-5-7(11(4,12)13)8(6-14)15-16-9/h5H,1-4H3. The van der Waals surface area contributed by atoms with E-state index in [-0.39, 0.29) is 16.7 Å². The molecule has 1 heterocycles. The van der Waals surface area contributed by atoms with Crippen LogP contribution < -0.4 is 0 Å². The van der Waals surface area contributed by atoms with Gasteiger partial charge in [-0.05, 0) is 6.07 Å². The molecule has 0 aliphatic heterocycles. The third kappa shape index (κ3) is 2.51. The van der Waals surface area contributed by atoms with Gasteiger partial charge in [-0.3, -0.25) is 0 Å². The van der Waals surface area contributed by atoms with Crippen LogP contribution in [0.2, 0.25) is 0 Å². The minimum absolute atomic E-state index is 0.319. The van der Waals surface area contributed by atoms with Crippen molar-refractivity contribution in [1.82, 2.24) is 10.2 Å². The molecular formula is C11H13F2N3. The maximum Gasteiger partial charge on any atom is 0.273 e. The lowest BCUT2D eigenvalue weighted by Crippen LogP contribution is -2.19. The average Bonchev–Trinajstić information content (AvgIpc) is 2.14. The predicted molar refractivity (Wildman–Crippen MR) is 55.0 cm³/mol. The van der Waals surface area contributed by atoms with Crippen molar-refractivity contribution in [3.63, 3.8) is 0 Å². The minimum Gasteiger partial charge on any atom is -0.202 e. The Morgan fingerprint density at radius 1 is 1.19 bits per heavy atom. The zero-order valence-corrected chi connectivity index (χ0v) is 9.67. The SMILES string of the molecule is CC(C)(C)c1cc(C(C)(F)F)c(C#N)nn1. The number of hydrogen-bond acceptors (Lipinski definition) is 3. The zero-order valence-electron chi connectivity index (χ0n) is 9.67. The van der Waals surface area contributed by atoms with Crippen molar-refractivity contribution >= 4 is 0 Å². The van der Waals surface area contributed by atoms with Crippen LogP contribution in [0.4, 0.5) is 8.78 Å². The molecule has 1 aromatic rings. The van der Waals surface area contributed by atoms with Crippen LogP contribution in [-0.4, -0.2) is 10.2 Å². The maximum absolute atomic E-state index is 13.3. The molecule has 0 saturated heterocycles. The van der Waals surface area contributed by atoms with Crippen LogP contribution in [0.3, 0.4) is 0 Å². The maximum atomic E-state index is 13.3. The molecule has 0 radical (unpaired) electrons. The summed E-state index contributed by atoms with van der Waals surface area (Å²) in [4.78, 5) is 0. The van der Waals surface area contributed by atoms with Crippen molar-refractivity contribution in [1.29, 1.82) is 5.26 Å². The Hall–Kier alpha value is -1.57. The molecule has 86 valence electrons. The highest BCUT2D eigenvalue weighted by Gasteiger charge is 2.31. The van der Waals surface area contributed by atoms with E-state index in [9.17, 15) is 8.78 Å². The third-order valence-electron chi connectivity index (χ3n) is 2.14. The quantitative estimate of drug-likeness (QED) is 0.738. The number of aromatic nitrogens is 2. The number of halogens is 2. The van der Waals surface area contributed by atoms with Gasteiger partial charge in [0.05, 0.1) is 11.3 Å². The van der Waals surface area contributed by atoms with Crippen molar-refractivity contribution in [2.24, 2.45) is 0 Å². The van der Waals surface area contributed by atoms with Crippen molar-refractivity contribution in [3.8, 4) is 6.07 Å². The number of nitrogens with zero attached hydrogens (tertiary/aromatic N) is 3. The van der Waals surface area contributed by atoms with Crippen LogP contribution in [0, 0.1) is 11.3 Å². The van der Waals surface area contributed by atoms with Gasteiger partial charge < -0.3 is 0 Å². The van der Waals surface area contributed by atoms with Crippen LogP contribution in [-0.2, 0) is 11.3 Å². The monoisotopic (exact) mass is 225 g/mol. The van der Waals surface area contributed by atoms with E-state index < -0.39 is 5.92 Å². The Morgan fingerprint density at radius 3 is 2.12 bits per heavy atom. The number of nitriles is 1. The van der Waals surface area contributed by atoms with Crippen molar-refractivity contribution < 1.29 is 8.78 Å². The fraction of sp³-hybridized carbons (Fsp3) is 0.545. The summed E-state index contributed by atoms with van der Waals surface area (Å²) in [6, 6.07) is 2.88. The molecule has 5 heteroatoms. The van der Waals surface area contributed by atoms with Crippen molar-refractivity contribution in [2.75, 3.05) is 0 Å². The van der Waals surface area contributed by atoms with Gasteiger partial charge >= 0.3 is 0 Å². The molecule has 1 aromatic heterocycles. The molecule has 0 bridgehead atoms. The second kappa shape index (κ2) is 3.78. The molecule has 0 aromatic carbocycles. The highest BCUT2D eigenvalue weighted by atomic mass is 19.3. The summed E-state index contributed by atoms with van der Waals surface area (Å²) in [5.41, 5.74) is -0.612. The first-order valence-electron chi connectivity index (χ1n) is 4.83. The van der Waals surface area contributed by atoms with Crippen LogP contribution in [0.5, 0.6) is 0 Å². The summed E-state index contributed by atoms with van der Waals surface area (Å²) in [5.74, 6) is -3.08. The van der Waals surface area contributed by atoms with Gasteiger partial charge in [-0.2, -0.15) is 10.4 Å². The fourth-order valence-corrected chi connectivity index (χ4v) is 1.18. The zero-order chi connectivity index (χ0) is 12.6. The minimum atomic E-state index is -3.08. The molecule has 1 rings (SSSR count). The topological polar surface area (TPSA) is 49.6 Å². The number of alkyl halides is 2. The summed E-state index contributed by atoms with van der Waals surface area (Å²) < 4.78 is 26.5. The summed E-state index contributed by atoms with van der Waals surface area (Å²) in [5, 5.41) is 16.0. The van der Waals surface area contributed by atoms with Gasteiger partial charge in [0.1, 0.15) is 6.07 Å². The second-order valence-electron chi connectivity index (χ2n) is 4.74. The largest absolute Gasteiger partial charge is 0.273 e. The van der Waals surface area contributed by atoms with Gasteiger partial charge in [0.25, 0.3) is 5.92 Å². The van der Waals surface area contributed by atoms with Crippen molar-refractivity contribution in [2.45, 2.75) is 39.0 Å². The second-order valence-corrected chi connectivity index (χ2v) is 4.74.